The van der Waals surface area contributed by atoms with E-state index in [9.17, 15) is 4.79 Å². The van der Waals surface area contributed by atoms with Gasteiger partial charge in [-0.25, -0.2) is 9.97 Å². The monoisotopic (exact) mass is 404 g/mol. The molecule has 5 rings (SSSR count). The van der Waals surface area contributed by atoms with Crippen molar-refractivity contribution < 1.29 is 9.53 Å². The van der Waals surface area contributed by atoms with Gasteiger partial charge in [0.2, 0.25) is 11.8 Å². The summed E-state index contributed by atoms with van der Waals surface area (Å²) in [7, 11) is 0. The number of aryl methyl sites for hydroxylation is 1. The molecule has 2 fully saturated rings. The summed E-state index contributed by atoms with van der Waals surface area (Å²) in [5.74, 6) is 1.29. The zero-order valence-corrected chi connectivity index (χ0v) is 17.7. The van der Waals surface area contributed by atoms with E-state index in [1.54, 1.807) is 6.33 Å². The molecule has 1 aliphatic heterocycles. The third-order valence-electron chi connectivity index (χ3n) is 6.51. The molecule has 0 N–H and O–H groups in total. The maximum atomic E-state index is 12.3. The molecule has 1 saturated heterocycles. The van der Waals surface area contributed by atoms with Gasteiger partial charge in [-0.3, -0.25) is 4.79 Å². The summed E-state index contributed by atoms with van der Waals surface area (Å²) in [6.45, 7) is 6.58. The predicted octanol–water partition coefficient (Wildman–Crippen LogP) is 3.88. The molecule has 1 aliphatic carbocycles. The summed E-state index contributed by atoms with van der Waals surface area (Å²) in [5, 5.41) is 1.00. The largest absolute Gasteiger partial charge is 0.474 e. The fourth-order valence-electron chi connectivity index (χ4n) is 4.42. The molecule has 2 aromatic heterocycles. The van der Waals surface area contributed by atoms with E-state index in [1.165, 1.54) is 11.3 Å². The Hall–Kier alpha value is -2.89. The zero-order chi connectivity index (χ0) is 20.7. The lowest BCUT2D eigenvalue weighted by atomic mass is 10.1. The minimum atomic E-state index is 0.0866. The number of hydrogen-bond donors (Lipinski definition) is 0. The smallest absolute Gasteiger partial charge is 0.226 e. The SMILES string of the molecule is Cc1c(C)n(Cc2ccccc2)c2ncnc(OC3CCN(C(=O)C4CC4)CC3)c12. The van der Waals surface area contributed by atoms with E-state index in [4.69, 9.17) is 4.74 Å². The van der Waals surface area contributed by atoms with Crippen molar-refractivity contribution >= 4 is 16.9 Å². The number of hydrogen-bond acceptors (Lipinski definition) is 4. The number of amides is 1. The van der Waals surface area contributed by atoms with Crippen molar-refractivity contribution in [3.05, 3.63) is 53.5 Å². The molecule has 0 unspecified atom stereocenters. The maximum absolute atomic E-state index is 12.3. The molecule has 1 amide bonds. The average Bonchev–Trinajstić information content (AvgIpc) is 3.59. The minimum Gasteiger partial charge on any atom is -0.474 e. The molecule has 0 radical (unpaired) electrons. The van der Waals surface area contributed by atoms with Crippen molar-refractivity contribution in [1.29, 1.82) is 0 Å². The highest BCUT2D eigenvalue weighted by molar-refractivity contribution is 5.86. The van der Waals surface area contributed by atoms with Crippen LogP contribution in [0.3, 0.4) is 0 Å². The Morgan fingerprint density at radius 2 is 1.80 bits per heavy atom. The molecule has 3 aromatic rings. The van der Waals surface area contributed by atoms with Crippen LogP contribution in [-0.4, -0.2) is 44.5 Å². The van der Waals surface area contributed by atoms with Crippen LogP contribution in [0.2, 0.25) is 0 Å². The Labute approximate surface area is 176 Å². The Kier molecular flexibility index (Phi) is 4.93. The Bertz CT molecular complexity index is 1060. The first kappa shape index (κ1) is 19.1. The second-order valence-electron chi connectivity index (χ2n) is 8.58. The molecule has 6 nitrogen and oxygen atoms in total. The van der Waals surface area contributed by atoms with E-state index >= 15 is 0 Å². The van der Waals surface area contributed by atoms with Gasteiger partial charge in [-0.15, -0.1) is 0 Å². The number of benzene rings is 1. The number of carbonyl (C=O) groups excluding carboxylic acids is 1. The number of nitrogens with zero attached hydrogens (tertiary/aromatic N) is 4. The molecule has 30 heavy (non-hydrogen) atoms. The maximum Gasteiger partial charge on any atom is 0.226 e. The van der Waals surface area contributed by atoms with E-state index in [0.717, 1.165) is 61.9 Å². The number of rotatable bonds is 5. The zero-order valence-electron chi connectivity index (χ0n) is 17.7. The first-order chi connectivity index (χ1) is 14.6. The van der Waals surface area contributed by atoms with Gasteiger partial charge in [0.25, 0.3) is 0 Å². The topological polar surface area (TPSA) is 60.2 Å². The number of carbonyl (C=O) groups is 1. The second kappa shape index (κ2) is 7.74. The Morgan fingerprint density at radius 1 is 1.07 bits per heavy atom. The molecule has 0 atom stereocenters. The van der Waals surface area contributed by atoms with Gasteiger partial charge in [-0.1, -0.05) is 30.3 Å². The van der Waals surface area contributed by atoms with Crippen molar-refractivity contribution in [3.8, 4) is 5.88 Å². The van der Waals surface area contributed by atoms with E-state index < -0.39 is 0 Å². The minimum absolute atomic E-state index is 0.0866. The first-order valence-corrected chi connectivity index (χ1v) is 10.9. The van der Waals surface area contributed by atoms with Gasteiger partial charge in [0, 0.05) is 44.1 Å². The molecule has 0 bridgehead atoms. The van der Waals surface area contributed by atoms with Crippen LogP contribution in [0, 0.1) is 19.8 Å². The quantitative estimate of drug-likeness (QED) is 0.648. The van der Waals surface area contributed by atoms with Crippen molar-refractivity contribution in [2.24, 2.45) is 5.92 Å². The predicted molar refractivity (Wildman–Crippen MR) is 116 cm³/mol. The lowest BCUT2D eigenvalue weighted by molar-refractivity contribution is -0.134. The third kappa shape index (κ3) is 3.55. The van der Waals surface area contributed by atoms with Gasteiger partial charge in [0.1, 0.15) is 18.1 Å². The second-order valence-corrected chi connectivity index (χ2v) is 8.58. The van der Waals surface area contributed by atoms with E-state index in [-0.39, 0.29) is 6.10 Å². The lowest BCUT2D eigenvalue weighted by Crippen LogP contribution is -2.42. The molecule has 2 aliphatic rings. The van der Waals surface area contributed by atoms with E-state index in [1.807, 2.05) is 11.0 Å². The highest BCUT2D eigenvalue weighted by Gasteiger charge is 2.35. The van der Waals surface area contributed by atoms with Gasteiger partial charge in [-0.2, -0.15) is 0 Å². The van der Waals surface area contributed by atoms with Crippen molar-refractivity contribution in [2.75, 3.05) is 13.1 Å². The first-order valence-electron chi connectivity index (χ1n) is 10.9. The van der Waals surface area contributed by atoms with Crippen molar-refractivity contribution in [1.82, 2.24) is 19.4 Å². The Morgan fingerprint density at radius 3 is 2.50 bits per heavy atom. The molecule has 6 heteroatoms. The number of ether oxygens (including phenoxy) is 1. The molecule has 1 saturated carbocycles. The summed E-state index contributed by atoms with van der Waals surface area (Å²) in [5.41, 5.74) is 4.51. The van der Waals surface area contributed by atoms with Crippen LogP contribution in [-0.2, 0) is 11.3 Å². The van der Waals surface area contributed by atoms with Crippen molar-refractivity contribution in [2.45, 2.75) is 52.2 Å². The molecule has 3 heterocycles. The molecule has 156 valence electrons. The van der Waals surface area contributed by atoms with E-state index in [2.05, 4.69) is 52.6 Å². The number of fused-ring (bicyclic) bond motifs is 1. The van der Waals surface area contributed by atoms with Gasteiger partial charge in [0.15, 0.2) is 0 Å². The van der Waals surface area contributed by atoms with E-state index in [0.29, 0.717) is 17.7 Å². The fraction of sp³-hybridized carbons (Fsp3) is 0.458. The van der Waals surface area contributed by atoms with Gasteiger partial charge < -0.3 is 14.2 Å². The van der Waals surface area contributed by atoms with Crippen LogP contribution in [0.4, 0.5) is 0 Å². The lowest BCUT2D eigenvalue weighted by Gasteiger charge is -2.32. The van der Waals surface area contributed by atoms with Crippen LogP contribution < -0.4 is 4.74 Å². The molecular formula is C24H28N4O2. The van der Waals surface area contributed by atoms with Crippen LogP contribution in [0.25, 0.3) is 11.0 Å². The van der Waals surface area contributed by atoms with Crippen LogP contribution >= 0.6 is 0 Å². The highest BCUT2D eigenvalue weighted by atomic mass is 16.5. The highest BCUT2D eigenvalue weighted by Crippen LogP contribution is 2.34. The summed E-state index contributed by atoms with van der Waals surface area (Å²) in [4.78, 5) is 23.4. The van der Waals surface area contributed by atoms with Gasteiger partial charge >= 0.3 is 0 Å². The summed E-state index contributed by atoms with van der Waals surface area (Å²) in [6, 6.07) is 10.4. The summed E-state index contributed by atoms with van der Waals surface area (Å²) >= 11 is 0. The molecule has 0 spiro atoms. The third-order valence-corrected chi connectivity index (χ3v) is 6.51. The van der Waals surface area contributed by atoms with Crippen LogP contribution in [0.1, 0.15) is 42.5 Å². The van der Waals surface area contributed by atoms with Gasteiger partial charge in [-0.05, 0) is 37.8 Å². The van der Waals surface area contributed by atoms with Gasteiger partial charge in [0.05, 0.1) is 5.39 Å². The normalized spacial score (nSPS) is 17.5. The average molecular weight is 405 g/mol. The summed E-state index contributed by atoms with van der Waals surface area (Å²) < 4.78 is 8.61. The summed E-state index contributed by atoms with van der Waals surface area (Å²) in [6.07, 6.45) is 5.52. The molecular weight excluding hydrogens is 376 g/mol. The number of likely N-dealkylation sites (tertiary alicyclic amines) is 1. The van der Waals surface area contributed by atoms with Crippen LogP contribution in [0.5, 0.6) is 5.88 Å². The number of piperidine rings is 1. The van der Waals surface area contributed by atoms with Crippen LogP contribution in [0.15, 0.2) is 36.7 Å². The molecule has 1 aromatic carbocycles. The number of aromatic nitrogens is 3. The Balaban J connectivity index is 1.36. The van der Waals surface area contributed by atoms with Crippen molar-refractivity contribution in [3.63, 3.8) is 0 Å². The standard InChI is InChI=1S/C24H28N4O2/c1-16-17(2)28(14-18-6-4-3-5-7-18)22-21(16)23(26-15-25-22)30-20-10-12-27(13-11-20)24(29)19-8-9-19/h3-7,15,19-20H,8-14H2,1-2H3. The fourth-order valence-corrected chi connectivity index (χ4v) is 4.42.